The van der Waals surface area contributed by atoms with E-state index >= 15 is 0 Å². The van der Waals surface area contributed by atoms with Crippen LogP contribution in [0.3, 0.4) is 0 Å². The first kappa shape index (κ1) is 26.0. The van der Waals surface area contributed by atoms with E-state index in [1.165, 1.54) is 0 Å². The van der Waals surface area contributed by atoms with E-state index in [0.29, 0.717) is 11.7 Å². The fourth-order valence-electron chi connectivity index (χ4n) is 7.11. The molecule has 2 aliphatic carbocycles. The van der Waals surface area contributed by atoms with Gasteiger partial charge in [-0.2, -0.15) is 0 Å². The molecule has 2 amide bonds. The number of piperidine rings is 1. The van der Waals surface area contributed by atoms with Gasteiger partial charge in [-0.15, -0.1) is 0 Å². The van der Waals surface area contributed by atoms with Gasteiger partial charge in [-0.3, -0.25) is 9.59 Å². The summed E-state index contributed by atoms with van der Waals surface area (Å²) in [6, 6.07) is 9.37. The lowest BCUT2D eigenvalue weighted by Crippen LogP contribution is -2.59. The third-order valence-corrected chi connectivity index (χ3v) is 9.47. The van der Waals surface area contributed by atoms with E-state index in [9.17, 15) is 14.7 Å². The van der Waals surface area contributed by atoms with Crippen LogP contribution in [0.1, 0.15) is 66.2 Å². The second kappa shape index (κ2) is 10.9. The average Bonchev–Trinajstić information content (AvgIpc) is 2.85. The topological polar surface area (TPSA) is 78.9 Å². The number of benzene rings is 1. The molecule has 6 heteroatoms. The number of ether oxygens (including phenoxy) is 1. The van der Waals surface area contributed by atoms with Gasteiger partial charge in [0.15, 0.2) is 6.61 Å². The Labute approximate surface area is 210 Å². The molecule has 4 rings (SSSR count). The molecular weight excluding hydrogens is 440 g/mol. The Morgan fingerprint density at radius 1 is 1.11 bits per heavy atom. The highest BCUT2D eigenvalue weighted by atomic mass is 16.5. The van der Waals surface area contributed by atoms with Crippen molar-refractivity contribution in [2.75, 3.05) is 19.7 Å². The number of hydrogen-bond donors (Lipinski definition) is 2. The molecule has 3 fully saturated rings. The van der Waals surface area contributed by atoms with Crippen molar-refractivity contribution in [3.8, 4) is 5.75 Å². The molecule has 1 aromatic carbocycles. The van der Waals surface area contributed by atoms with Gasteiger partial charge < -0.3 is 20.1 Å². The summed E-state index contributed by atoms with van der Waals surface area (Å²) in [5.74, 6) is 1.43. The standard InChI is InChI=1S/C29H44N2O4/c1-19-12-16-31(17-13-19)28(34)20(2)23-10-14-29(4)15-11-24(21(3)26(29)27(23)33)30-25(32)18-35-22-8-6-5-7-9-22/h5-9,19-21,23-24,26-27,33H,10-18H2,1-4H3,(H,30,32)/t20-,21+,23+,24-,26+,27-,29-/m0/s1. The summed E-state index contributed by atoms with van der Waals surface area (Å²) in [5.41, 5.74) is 0.0421. The number of fused-ring (bicyclic) bond motifs is 1. The molecule has 194 valence electrons. The predicted octanol–water partition coefficient (Wildman–Crippen LogP) is 4.27. The Balaban J connectivity index is 1.38. The lowest BCUT2D eigenvalue weighted by Gasteiger charge is -2.56. The van der Waals surface area contributed by atoms with E-state index in [0.717, 1.165) is 51.6 Å². The van der Waals surface area contributed by atoms with Crippen molar-refractivity contribution in [3.05, 3.63) is 30.3 Å². The van der Waals surface area contributed by atoms with E-state index in [-0.39, 0.29) is 53.5 Å². The monoisotopic (exact) mass is 484 g/mol. The van der Waals surface area contributed by atoms with Crippen molar-refractivity contribution in [3.63, 3.8) is 0 Å². The molecule has 1 aromatic rings. The number of nitrogens with zero attached hydrogens (tertiary/aromatic N) is 1. The van der Waals surface area contributed by atoms with Crippen molar-refractivity contribution < 1.29 is 19.4 Å². The van der Waals surface area contributed by atoms with Crippen LogP contribution in [0.25, 0.3) is 0 Å². The number of para-hydroxylation sites is 1. The van der Waals surface area contributed by atoms with Gasteiger partial charge in [0.25, 0.3) is 5.91 Å². The van der Waals surface area contributed by atoms with Crippen molar-refractivity contribution in [1.29, 1.82) is 0 Å². The van der Waals surface area contributed by atoms with E-state index in [1.807, 2.05) is 42.2 Å². The third kappa shape index (κ3) is 5.68. The predicted molar refractivity (Wildman–Crippen MR) is 137 cm³/mol. The van der Waals surface area contributed by atoms with Crippen LogP contribution in [0.2, 0.25) is 0 Å². The summed E-state index contributed by atoms with van der Waals surface area (Å²) in [6.45, 7) is 10.4. The average molecular weight is 485 g/mol. The number of carbonyl (C=O) groups is 2. The molecular formula is C29H44N2O4. The normalized spacial score (nSPS) is 34.5. The molecule has 35 heavy (non-hydrogen) atoms. The first-order valence-corrected chi connectivity index (χ1v) is 13.6. The first-order valence-electron chi connectivity index (χ1n) is 13.6. The maximum Gasteiger partial charge on any atom is 0.258 e. The van der Waals surface area contributed by atoms with Gasteiger partial charge in [0.05, 0.1) is 6.10 Å². The van der Waals surface area contributed by atoms with Crippen LogP contribution in [0, 0.1) is 35.0 Å². The van der Waals surface area contributed by atoms with Crippen molar-refractivity contribution >= 4 is 11.8 Å². The smallest absolute Gasteiger partial charge is 0.258 e. The number of nitrogens with one attached hydrogen (secondary N) is 1. The number of amides is 2. The molecule has 2 N–H and O–H groups in total. The van der Waals surface area contributed by atoms with Crippen LogP contribution in [0.4, 0.5) is 0 Å². The van der Waals surface area contributed by atoms with E-state index in [2.05, 4.69) is 26.1 Å². The number of aliphatic hydroxyl groups is 1. The largest absolute Gasteiger partial charge is 0.484 e. The fourth-order valence-corrected chi connectivity index (χ4v) is 7.11. The van der Waals surface area contributed by atoms with Gasteiger partial charge in [0.1, 0.15) is 5.75 Å². The van der Waals surface area contributed by atoms with Crippen molar-refractivity contribution in [2.24, 2.45) is 35.0 Å². The molecule has 0 aromatic heterocycles. The van der Waals surface area contributed by atoms with Gasteiger partial charge in [0, 0.05) is 25.0 Å². The zero-order chi connectivity index (χ0) is 25.2. The number of aliphatic hydroxyl groups excluding tert-OH is 1. The number of carbonyl (C=O) groups excluding carboxylic acids is 2. The molecule has 7 atom stereocenters. The second-order valence-electron chi connectivity index (χ2n) is 11.8. The van der Waals surface area contributed by atoms with Gasteiger partial charge in [0.2, 0.25) is 5.91 Å². The summed E-state index contributed by atoms with van der Waals surface area (Å²) < 4.78 is 5.63. The minimum absolute atomic E-state index is 0.00272. The molecule has 0 bridgehead atoms. The Morgan fingerprint density at radius 3 is 2.46 bits per heavy atom. The molecule has 1 saturated heterocycles. The second-order valence-corrected chi connectivity index (χ2v) is 11.8. The van der Waals surface area contributed by atoms with Crippen LogP contribution in [-0.4, -0.2) is 53.7 Å². The Kier molecular flexibility index (Phi) is 8.09. The van der Waals surface area contributed by atoms with Crippen LogP contribution < -0.4 is 10.1 Å². The van der Waals surface area contributed by atoms with Crippen LogP contribution in [0.15, 0.2) is 30.3 Å². The molecule has 1 heterocycles. The molecule has 0 radical (unpaired) electrons. The lowest BCUT2D eigenvalue weighted by molar-refractivity contribution is -0.152. The SMILES string of the molecule is CC1CCN(C(=O)[C@@H](C)[C@H]2CC[C@@]3(C)CC[C@H](NC(=O)COc4ccccc4)[C@@H](C)[C@@H]3[C@H]2O)CC1. The summed E-state index contributed by atoms with van der Waals surface area (Å²) >= 11 is 0. The fraction of sp³-hybridized carbons (Fsp3) is 0.724. The molecule has 0 unspecified atom stereocenters. The maximum atomic E-state index is 13.3. The molecule has 6 nitrogen and oxygen atoms in total. The number of rotatable bonds is 6. The Bertz CT molecular complexity index is 869. The number of hydrogen-bond acceptors (Lipinski definition) is 4. The van der Waals surface area contributed by atoms with E-state index in [1.54, 1.807) is 0 Å². The van der Waals surface area contributed by atoms with E-state index in [4.69, 9.17) is 4.74 Å². The van der Waals surface area contributed by atoms with Gasteiger partial charge in [-0.1, -0.05) is 45.9 Å². The highest BCUT2D eigenvalue weighted by molar-refractivity contribution is 5.79. The van der Waals surface area contributed by atoms with E-state index < -0.39 is 6.10 Å². The molecule has 0 spiro atoms. The third-order valence-electron chi connectivity index (χ3n) is 9.47. The quantitative estimate of drug-likeness (QED) is 0.632. The van der Waals surface area contributed by atoms with Crippen LogP contribution in [-0.2, 0) is 9.59 Å². The highest BCUT2D eigenvalue weighted by Crippen LogP contribution is 2.55. The Morgan fingerprint density at radius 2 is 1.77 bits per heavy atom. The van der Waals surface area contributed by atoms with Gasteiger partial charge in [-0.05, 0) is 79.7 Å². The lowest BCUT2D eigenvalue weighted by atomic mass is 9.51. The Hall–Kier alpha value is -2.08. The minimum Gasteiger partial charge on any atom is -0.484 e. The first-order chi connectivity index (χ1) is 16.7. The van der Waals surface area contributed by atoms with Crippen LogP contribution in [0.5, 0.6) is 5.75 Å². The maximum absolute atomic E-state index is 13.3. The summed E-state index contributed by atoms with van der Waals surface area (Å²) in [6.07, 6.45) is 5.39. The van der Waals surface area contributed by atoms with Gasteiger partial charge in [-0.25, -0.2) is 0 Å². The van der Waals surface area contributed by atoms with Gasteiger partial charge >= 0.3 is 0 Å². The molecule has 1 aliphatic heterocycles. The zero-order valence-corrected chi connectivity index (χ0v) is 21.9. The highest BCUT2D eigenvalue weighted by Gasteiger charge is 2.54. The van der Waals surface area contributed by atoms with Crippen LogP contribution >= 0.6 is 0 Å². The molecule has 2 saturated carbocycles. The summed E-state index contributed by atoms with van der Waals surface area (Å²) in [7, 11) is 0. The van der Waals surface area contributed by atoms with Crippen molar-refractivity contribution in [1.82, 2.24) is 10.2 Å². The zero-order valence-electron chi connectivity index (χ0n) is 21.9. The minimum atomic E-state index is -0.535. The number of likely N-dealkylation sites (tertiary alicyclic amines) is 1. The molecule has 3 aliphatic rings. The van der Waals surface area contributed by atoms with Crippen molar-refractivity contribution in [2.45, 2.75) is 78.4 Å². The summed E-state index contributed by atoms with van der Waals surface area (Å²) in [5, 5.41) is 14.8. The summed E-state index contributed by atoms with van der Waals surface area (Å²) in [4.78, 5) is 28.0.